The second kappa shape index (κ2) is 6.16. The maximum Gasteiger partial charge on any atom is 0.332 e. The van der Waals surface area contributed by atoms with Crippen molar-refractivity contribution in [2.75, 3.05) is 11.6 Å². The first-order valence-electron chi connectivity index (χ1n) is 8.82. The Labute approximate surface area is 146 Å². The Morgan fingerprint density at radius 1 is 1.24 bits per heavy atom. The third kappa shape index (κ3) is 2.60. The molecule has 2 aromatic heterocycles. The van der Waals surface area contributed by atoms with E-state index in [1.807, 2.05) is 30.3 Å². The first-order chi connectivity index (χ1) is 11.8. The van der Waals surface area contributed by atoms with Crippen LogP contribution in [0, 0.1) is 5.92 Å². The van der Waals surface area contributed by atoms with Crippen LogP contribution in [0.25, 0.3) is 11.2 Å². The van der Waals surface area contributed by atoms with Gasteiger partial charge in [0, 0.05) is 20.1 Å². The van der Waals surface area contributed by atoms with Crippen molar-refractivity contribution in [3.8, 4) is 0 Å². The molecule has 8 nitrogen and oxygen atoms in total. The fraction of sp³-hybridized carbons (Fsp3) is 0.647. The molecule has 136 valence electrons. The fourth-order valence-electron chi connectivity index (χ4n) is 3.27. The van der Waals surface area contributed by atoms with Crippen molar-refractivity contribution in [1.29, 1.82) is 0 Å². The number of hydrogen-bond donors (Lipinski definition) is 0. The summed E-state index contributed by atoms with van der Waals surface area (Å²) in [6.07, 6.45) is 0.719. The first-order valence-corrected chi connectivity index (χ1v) is 8.82. The van der Waals surface area contributed by atoms with E-state index in [1.54, 1.807) is 7.05 Å². The fourth-order valence-corrected chi connectivity index (χ4v) is 3.27. The highest BCUT2D eigenvalue weighted by atomic mass is 16.2. The monoisotopic (exact) mass is 346 g/mol. The molecule has 0 saturated carbocycles. The van der Waals surface area contributed by atoms with Gasteiger partial charge in [-0.1, -0.05) is 20.8 Å². The Morgan fingerprint density at radius 2 is 1.92 bits per heavy atom. The molecular weight excluding hydrogens is 320 g/mol. The number of rotatable bonds is 4. The van der Waals surface area contributed by atoms with Gasteiger partial charge in [-0.15, -0.1) is 0 Å². The number of nitrogens with zero attached hydrogens (tertiary/aromatic N) is 6. The molecule has 3 rings (SSSR count). The average molecular weight is 346 g/mol. The molecule has 0 fully saturated rings. The summed E-state index contributed by atoms with van der Waals surface area (Å²) in [5.74, 6) is 1.02. The molecule has 8 heteroatoms. The quantitative estimate of drug-likeness (QED) is 0.844. The van der Waals surface area contributed by atoms with E-state index in [1.165, 1.54) is 9.13 Å². The Bertz CT molecular complexity index is 962. The zero-order valence-corrected chi connectivity index (χ0v) is 15.8. The molecule has 25 heavy (non-hydrogen) atoms. The lowest BCUT2D eigenvalue weighted by atomic mass is 10.2. The van der Waals surface area contributed by atoms with E-state index in [4.69, 9.17) is 0 Å². The van der Waals surface area contributed by atoms with Gasteiger partial charge in [0.1, 0.15) is 0 Å². The molecular formula is C17H26N6O2. The molecule has 3 heterocycles. The summed E-state index contributed by atoms with van der Waals surface area (Å²) in [6, 6.07) is -0.0799. The van der Waals surface area contributed by atoms with Crippen LogP contribution in [0.5, 0.6) is 0 Å². The Hall–Kier alpha value is -2.38. The highest BCUT2D eigenvalue weighted by Gasteiger charge is 2.30. The van der Waals surface area contributed by atoms with Crippen molar-refractivity contribution >= 4 is 22.8 Å². The zero-order chi connectivity index (χ0) is 18.5. The largest absolute Gasteiger partial charge is 0.332 e. The van der Waals surface area contributed by atoms with Gasteiger partial charge in [-0.3, -0.25) is 18.5 Å². The van der Waals surface area contributed by atoms with Crippen LogP contribution in [0.15, 0.2) is 14.7 Å². The van der Waals surface area contributed by atoms with Crippen LogP contribution in [-0.4, -0.2) is 30.9 Å². The van der Waals surface area contributed by atoms with Crippen LogP contribution in [0.1, 0.15) is 47.1 Å². The third-order valence-electron chi connectivity index (χ3n) is 4.64. The van der Waals surface area contributed by atoms with E-state index in [0.29, 0.717) is 36.1 Å². The molecule has 0 aromatic carbocycles. The van der Waals surface area contributed by atoms with E-state index in [-0.39, 0.29) is 17.3 Å². The van der Waals surface area contributed by atoms with Gasteiger partial charge in [0.2, 0.25) is 5.95 Å². The second-order valence-electron chi connectivity index (χ2n) is 7.15. The Morgan fingerprint density at radius 3 is 2.52 bits per heavy atom. The van der Waals surface area contributed by atoms with Gasteiger partial charge >= 0.3 is 5.69 Å². The molecule has 0 bridgehead atoms. The standard InChI is InChI=1S/C17H26N6O2/c1-7-8-21-15(24)13-14(20(6)17(21)25)18-16-22(9-10(2)3)19-11(4)12(5)23(13)16/h10,12H,7-9H2,1-6H3/t12-/m1/s1. The molecule has 1 aliphatic heterocycles. The van der Waals surface area contributed by atoms with E-state index in [0.717, 1.165) is 12.1 Å². The molecule has 0 amide bonds. The number of aryl methyl sites for hydroxylation is 1. The molecule has 1 aliphatic rings. The van der Waals surface area contributed by atoms with Gasteiger partial charge < -0.3 is 0 Å². The third-order valence-corrected chi connectivity index (χ3v) is 4.64. The van der Waals surface area contributed by atoms with E-state index >= 15 is 0 Å². The number of anilines is 1. The summed E-state index contributed by atoms with van der Waals surface area (Å²) in [5, 5.41) is 6.49. The maximum absolute atomic E-state index is 13.0. The summed E-state index contributed by atoms with van der Waals surface area (Å²) < 4.78 is 4.69. The first kappa shape index (κ1) is 17.4. The Kier molecular flexibility index (Phi) is 4.30. The number of fused-ring (bicyclic) bond motifs is 3. The molecule has 2 aromatic rings. The average Bonchev–Trinajstić information content (AvgIpc) is 2.95. The van der Waals surface area contributed by atoms with Gasteiger partial charge in [0.05, 0.1) is 11.8 Å². The van der Waals surface area contributed by atoms with Crippen molar-refractivity contribution in [2.24, 2.45) is 18.1 Å². The highest BCUT2D eigenvalue weighted by Crippen LogP contribution is 2.30. The van der Waals surface area contributed by atoms with E-state index in [9.17, 15) is 9.59 Å². The second-order valence-corrected chi connectivity index (χ2v) is 7.15. The summed E-state index contributed by atoms with van der Waals surface area (Å²) >= 11 is 0. The predicted octanol–water partition coefficient (Wildman–Crippen LogP) is 1.72. The number of hydrazone groups is 1. The van der Waals surface area contributed by atoms with Crippen molar-refractivity contribution in [3.63, 3.8) is 0 Å². The molecule has 1 atom stereocenters. The van der Waals surface area contributed by atoms with Gasteiger partial charge in [-0.25, -0.2) is 9.80 Å². The lowest BCUT2D eigenvalue weighted by molar-refractivity contribution is 0.568. The van der Waals surface area contributed by atoms with E-state index < -0.39 is 0 Å². The minimum absolute atomic E-state index is 0.0799. The lowest BCUT2D eigenvalue weighted by Crippen LogP contribution is -2.40. The minimum atomic E-state index is -0.324. The molecule has 0 spiro atoms. The van der Waals surface area contributed by atoms with Crippen molar-refractivity contribution < 1.29 is 0 Å². The molecule has 0 aliphatic carbocycles. The van der Waals surface area contributed by atoms with Crippen LogP contribution < -0.4 is 16.3 Å². The number of imidazole rings is 1. The summed E-state index contributed by atoms with van der Waals surface area (Å²) in [4.78, 5) is 30.2. The molecule has 0 saturated heterocycles. The van der Waals surface area contributed by atoms with Crippen LogP contribution >= 0.6 is 0 Å². The van der Waals surface area contributed by atoms with Gasteiger partial charge in [0.15, 0.2) is 11.2 Å². The maximum atomic E-state index is 13.0. The number of hydrogen-bond acceptors (Lipinski definition) is 5. The SMILES string of the molecule is CCCn1c(=O)c2c(nc3n2[C@H](C)C(C)=NN3CC(C)C)n(C)c1=O. The molecule has 0 radical (unpaired) electrons. The van der Waals surface area contributed by atoms with Gasteiger partial charge in [0.25, 0.3) is 5.56 Å². The number of aromatic nitrogens is 4. The van der Waals surface area contributed by atoms with Crippen LogP contribution in [-0.2, 0) is 13.6 Å². The van der Waals surface area contributed by atoms with Gasteiger partial charge in [-0.05, 0) is 26.2 Å². The lowest BCUT2D eigenvalue weighted by Gasteiger charge is -2.30. The minimum Gasteiger partial charge on any atom is -0.294 e. The summed E-state index contributed by atoms with van der Waals surface area (Å²) in [6.45, 7) is 11.2. The van der Waals surface area contributed by atoms with Gasteiger partial charge in [-0.2, -0.15) is 10.1 Å². The van der Waals surface area contributed by atoms with Crippen LogP contribution in [0.4, 0.5) is 5.95 Å². The Balaban J connectivity index is 2.38. The zero-order valence-electron chi connectivity index (χ0n) is 15.8. The molecule has 0 unspecified atom stereocenters. The smallest absolute Gasteiger partial charge is 0.294 e. The predicted molar refractivity (Wildman–Crippen MR) is 99.5 cm³/mol. The highest BCUT2D eigenvalue weighted by molar-refractivity contribution is 5.91. The van der Waals surface area contributed by atoms with Crippen LogP contribution in [0.3, 0.4) is 0 Å². The van der Waals surface area contributed by atoms with Crippen LogP contribution in [0.2, 0.25) is 0 Å². The summed E-state index contributed by atoms with van der Waals surface area (Å²) in [5.41, 5.74) is 1.21. The topological polar surface area (TPSA) is 77.4 Å². The van der Waals surface area contributed by atoms with Crippen molar-refractivity contribution in [2.45, 2.75) is 53.6 Å². The normalized spacial score (nSPS) is 17.3. The van der Waals surface area contributed by atoms with Crippen molar-refractivity contribution in [3.05, 3.63) is 20.8 Å². The van der Waals surface area contributed by atoms with E-state index in [2.05, 4.69) is 23.9 Å². The summed E-state index contributed by atoms with van der Waals surface area (Å²) in [7, 11) is 1.67. The molecule has 0 N–H and O–H groups in total. The van der Waals surface area contributed by atoms with Crippen molar-refractivity contribution in [1.82, 2.24) is 18.7 Å².